The van der Waals surface area contributed by atoms with Gasteiger partial charge in [-0.25, -0.2) is 0 Å². The molecule has 0 aliphatic rings. The van der Waals surface area contributed by atoms with Gasteiger partial charge in [-0.3, -0.25) is 0 Å². The van der Waals surface area contributed by atoms with E-state index in [-0.39, 0.29) is 0 Å². The smallest absolute Gasteiger partial charge is 0.119 e. The lowest BCUT2D eigenvalue weighted by molar-refractivity contribution is 0.306. The fourth-order valence-corrected chi connectivity index (χ4v) is 1.83. The number of ether oxygens (including phenoxy) is 1. The lowest BCUT2D eigenvalue weighted by Gasteiger charge is -2.07. The molecule has 0 atom stereocenters. The van der Waals surface area contributed by atoms with Crippen molar-refractivity contribution in [2.75, 3.05) is 0 Å². The van der Waals surface area contributed by atoms with E-state index in [1.54, 1.807) is 36.4 Å². The molecule has 0 radical (unpaired) electrons. The first-order valence-electron chi connectivity index (χ1n) is 5.53. The number of hydrogen-bond donors (Lipinski definition) is 1. The molecule has 0 aliphatic carbocycles. The zero-order chi connectivity index (χ0) is 13.7. The fraction of sp³-hybridized carbons (Fsp3) is 0.0714. The van der Waals surface area contributed by atoms with E-state index in [0.717, 1.165) is 16.9 Å². The highest BCUT2D eigenvalue weighted by molar-refractivity contribution is 6.42. The molecule has 0 amide bonds. The second-order valence-corrected chi connectivity index (χ2v) is 4.67. The van der Waals surface area contributed by atoms with Crippen molar-refractivity contribution in [2.45, 2.75) is 6.61 Å². The second kappa shape index (κ2) is 6.45. The maximum absolute atomic E-state index is 8.40. The molecule has 2 aromatic carbocycles. The van der Waals surface area contributed by atoms with Crippen molar-refractivity contribution in [3.8, 4) is 5.75 Å². The molecule has 0 spiro atoms. The van der Waals surface area contributed by atoms with Crippen LogP contribution in [0, 0.1) is 0 Å². The van der Waals surface area contributed by atoms with Crippen LogP contribution in [0.5, 0.6) is 5.75 Å². The van der Waals surface area contributed by atoms with Crippen LogP contribution >= 0.6 is 23.2 Å². The summed E-state index contributed by atoms with van der Waals surface area (Å²) in [6.07, 6.45) is 1.35. The van der Waals surface area contributed by atoms with Crippen LogP contribution in [0.2, 0.25) is 10.0 Å². The predicted octanol–water partition coefficient (Wildman–Crippen LogP) is 4.38. The third-order valence-corrected chi connectivity index (χ3v) is 3.22. The standard InChI is InChI=1S/C14H11Cl2NO2/c15-13-6-3-11(7-14(13)16)9-19-12-4-1-10(2-5-12)8-17-18/h1-8,18H,9H2. The number of nitrogens with zero attached hydrogens (tertiary/aromatic N) is 1. The number of benzene rings is 2. The first-order chi connectivity index (χ1) is 9.19. The fourth-order valence-electron chi connectivity index (χ4n) is 1.51. The van der Waals surface area contributed by atoms with E-state index in [1.165, 1.54) is 6.21 Å². The van der Waals surface area contributed by atoms with Gasteiger partial charge in [0.25, 0.3) is 0 Å². The number of rotatable bonds is 4. The third kappa shape index (κ3) is 3.88. The van der Waals surface area contributed by atoms with E-state index >= 15 is 0 Å². The molecule has 0 unspecified atom stereocenters. The molecule has 0 heterocycles. The number of oxime groups is 1. The molecule has 98 valence electrons. The minimum atomic E-state index is 0.407. The SMILES string of the molecule is ON=Cc1ccc(OCc2ccc(Cl)c(Cl)c2)cc1. The van der Waals surface area contributed by atoms with Crippen LogP contribution in [0.3, 0.4) is 0 Å². The van der Waals surface area contributed by atoms with Gasteiger partial charge in [-0.05, 0) is 47.5 Å². The zero-order valence-electron chi connectivity index (χ0n) is 9.88. The van der Waals surface area contributed by atoms with Gasteiger partial charge >= 0.3 is 0 Å². The molecule has 0 saturated heterocycles. The number of hydrogen-bond acceptors (Lipinski definition) is 3. The Morgan fingerprint density at radius 3 is 2.42 bits per heavy atom. The summed E-state index contributed by atoms with van der Waals surface area (Å²) in [7, 11) is 0. The van der Waals surface area contributed by atoms with Gasteiger partial charge in [0.2, 0.25) is 0 Å². The summed E-state index contributed by atoms with van der Waals surface area (Å²) in [4.78, 5) is 0. The van der Waals surface area contributed by atoms with Gasteiger partial charge < -0.3 is 9.94 Å². The topological polar surface area (TPSA) is 41.8 Å². The molecular weight excluding hydrogens is 285 g/mol. The van der Waals surface area contributed by atoms with E-state index in [1.807, 2.05) is 6.07 Å². The predicted molar refractivity (Wildman–Crippen MR) is 76.6 cm³/mol. The van der Waals surface area contributed by atoms with E-state index in [0.29, 0.717) is 16.7 Å². The molecule has 5 heteroatoms. The van der Waals surface area contributed by atoms with Gasteiger partial charge in [-0.1, -0.05) is 34.4 Å². The summed E-state index contributed by atoms with van der Waals surface area (Å²) in [5, 5.41) is 12.4. The van der Waals surface area contributed by atoms with Crippen LogP contribution < -0.4 is 4.74 Å². The van der Waals surface area contributed by atoms with Gasteiger partial charge in [0, 0.05) is 0 Å². The minimum Gasteiger partial charge on any atom is -0.489 e. The normalized spacial score (nSPS) is 10.8. The average Bonchev–Trinajstić information content (AvgIpc) is 2.42. The van der Waals surface area contributed by atoms with E-state index < -0.39 is 0 Å². The quantitative estimate of drug-likeness (QED) is 0.517. The van der Waals surface area contributed by atoms with Crippen LogP contribution in [0.15, 0.2) is 47.6 Å². The van der Waals surface area contributed by atoms with Crippen molar-refractivity contribution >= 4 is 29.4 Å². The molecular formula is C14H11Cl2NO2. The van der Waals surface area contributed by atoms with Crippen molar-refractivity contribution < 1.29 is 9.94 Å². The first-order valence-corrected chi connectivity index (χ1v) is 6.29. The summed E-state index contributed by atoms with van der Waals surface area (Å²) in [5.74, 6) is 0.723. The number of halogens is 2. The molecule has 0 saturated carbocycles. The van der Waals surface area contributed by atoms with Crippen molar-refractivity contribution in [3.05, 3.63) is 63.6 Å². The third-order valence-electron chi connectivity index (χ3n) is 2.48. The molecule has 1 N–H and O–H groups in total. The molecule has 0 fully saturated rings. The van der Waals surface area contributed by atoms with Gasteiger partial charge in [-0.15, -0.1) is 0 Å². The molecule has 0 aliphatic heterocycles. The van der Waals surface area contributed by atoms with E-state index in [2.05, 4.69) is 5.16 Å². The van der Waals surface area contributed by atoms with Crippen molar-refractivity contribution in [3.63, 3.8) is 0 Å². The van der Waals surface area contributed by atoms with Crippen LogP contribution in [-0.2, 0) is 6.61 Å². The Labute approximate surface area is 121 Å². The highest BCUT2D eigenvalue weighted by Crippen LogP contribution is 2.23. The lowest BCUT2D eigenvalue weighted by atomic mass is 10.2. The summed E-state index contributed by atoms with van der Waals surface area (Å²) in [6.45, 7) is 0.407. The maximum Gasteiger partial charge on any atom is 0.119 e. The lowest BCUT2D eigenvalue weighted by Crippen LogP contribution is -1.95. The summed E-state index contributed by atoms with van der Waals surface area (Å²) in [6, 6.07) is 12.6. The highest BCUT2D eigenvalue weighted by Gasteiger charge is 2.01. The van der Waals surface area contributed by atoms with Crippen LogP contribution in [0.25, 0.3) is 0 Å². The monoisotopic (exact) mass is 295 g/mol. The van der Waals surface area contributed by atoms with Gasteiger partial charge in [-0.2, -0.15) is 0 Å². The van der Waals surface area contributed by atoms with Crippen LogP contribution in [0.4, 0.5) is 0 Å². The van der Waals surface area contributed by atoms with Gasteiger partial charge in [0.15, 0.2) is 0 Å². The van der Waals surface area contributed by atoms with Crippen molar-refractivity contribution in [2.24, 2.45) is 5.16 Å². The van der Waals surface area contributed by atoms with Crippen molar-refractivity contribution in [1.82, 2.24) is 0 Å². The maximum atomic E-state index is 8.40. The minimum absolute atomic E-state index is 0.407. The second-order valence-electron chi connectivity index (χ2n) is 3.85. The Morgan fingerprint density at radius 1 is 1.05 bits per heavy atom. The average molecular weight is 296 g/mol. The van der Waals surface area contributed by atoms with Crippen molar-refractivity contribution in [1.29, 1.82) is 0 Å². The van der Waals surface area contributed by atoms with Gasteiger partial charge in [0.05, 0.1) is 16.3 Å². The summed E-state index contributed by atoms with van der Waals surface area (Å²) < 4.78 is 5.61. The van der Waals surface area contributed by atoms with Crippen LogP contribution in [-0.4, -0.2) is 11.4 Å². The molecule has 2 rings (SSSR count). The first kappa shape index (κ1) is 13.7. The van der Waals surface area contributed by atoms with Gasteiger partial charge in [0.1, 0.15) is 12.4 Å². The van der Waals surface area contributed by atoms with E-state index in [4.69, 9.17) is 33.1 Å². The molecule has 0 bridgehead atoms. The highest BCUT2D eigenvalue weighted by atomic mass is 35.5. The Bertz CT molecular complexity index is 582. The molecule has 3 nitrogen and oxygen atoms in total. The summed E-state index contributed by atoms with van der Waals surface area (Å²) >= 11 is 11.8. The Kier molecular flexibility index (Phi) is 4.66. The Hall–Kier alpha value is -1.71. The van der Waals surface area contributed by atoms with E-state index in [9.17, 15) is 0 Å². The molecule has 19 heavy (non-hydrogen) atoms. The summed E-state index contributed by atoms with van der Waals surface area (Å²) in [5.41, 5.74) is 1.74. The Balaban J connectivity index is 1.99. The largest absolute Gasteiger partial charge is 0.489 e. The van der Waals surface area contributed by atoms with Crippen LogP contribution in [0.1, 0.15) is 11.1 Å². The zero-order valence-corrected chi connectivity index (χ0v) is 11.4. The Morgan fingerprint density at radius 2 is 1.79 bits per heavy atom. The molecule has 2 aromatic rings. The molecule has 0 aromatic heterocycles.